The van der Waals surface area contributed by atoms with Gasteiger partial charge in [-0.15, -0.1) is 0 Å². The first-order chi connectivity index (χ1) is 14.1. The number of aromatic nitrogens is 2. The van der Waals surface area contributed by atoms with Crippen LogP contribution in [0.5, 0.6) is 0 Å². The van der Waals surface area contributed by atoms with Gasteiger partial charge in [0.25, 0.3) is 0 Å². The highest BCUT2D eigenvalue weighted by atomic mass is 15.2. The van der Waals surface area contributed by atoms with Crippen LogP contribution in [0.2, 0.25) is 0 Å². The third-order valence-corrected chi connectivity index (χ3v) is 5.50. The van der Waals surface area contributed by atoms with Crippen molar-refractivity contribution < 1.29 is 0 Å². The second kappa shape index (κ2) is 11.3. The summed E-state index contributed by atoms with van der Waals surface area (Å²) < 4.78 is 0. The molecule has 4 heterocycles. The Labute approximate surface area is 176 Å². The highest BCUT2D eigenvalue weighted by molar-refractivity contribution is 5.52. The van der Waals surface area contributed by atoms with E-state index in [0.717, 1.165) is 19.5 Å². The number of hydrogen-bond acceptors (Lipinski definition) is 5. The van der Waals surface area contributed by atoms with Gasteiger partial charge in [0, 0.05) is 43.3 Å². The van der Waals surface area contributed by atoms with Crippen molar-refractivity contribution in [3.05, 3.63) is 53.0 Å². The molecule has 29 heavy (non-hydrogen) atoms. The zero-order valence-electron chi connectivity index (χ0n) is 18.5. The van der Waals surface area contributed by atoms with E-state index in [2.05, 4.69) is 32.3 Å². The van der Waals surface area contributed by atoms with Crippen molar-refractivity contribution in [1.82, 2.24) is 20.2 Å². The highest BCUT2D eigenvalue weighted by Gasteiger charge is 2.20. The Hall–Kier alpha value is -1.98. The van der Waals surface area contributed by atoms with Gasteiger partial charge >= 0.3 is 0 Å². The Morgan fingerprint density at radius 1 is 0.862 bits per heavy atom. The van der Waals surface area contributed by atoms with Gasteiger partial charge in [-0.2, -0.15) is 0 Å². The topological polar surface area (TPSA) is 44.3 Å². The first-order valence-electron chi connectivity index (χ1n) is 11.1. The molecule has 2 aliphatic heterocycles. The number of nitrogens with zero attached hydrogens (tertiary/aromatic N) is 4. The van der Waals surface area contributed by atoms with Crippen LogP contribution >= 0.6 is 0 Å². The molecule has 0 bridgehead atoms. The molecule has 0 aromatic carbocycles. The van der Waals surface area contributed by atoms with E-state index in [9.17, 15) is 0 Å². The average molecular weight is 396 g/mol. The summed E-state index contributed by atoms with van der Waals surface area (Å²) in [5, 5.41) is 3.41. The van der Waals surface area contributed by atoms with Gasteiger partial charge in [-0.25, -0.2) is 4.98 Å². The van der Waals surface area contributed by atoms with E-state index < -0.39 is 0 Å². The average Bonchev–Trinajstić information content (AvgIpc) is 3.28. The minimum absolute atomic E-state index is 1.01. The standard InChI is InChI=1S/C12H17N3.C9H11N.C3H9N/c1-2-8-15(7-1)12-11-4-5-13-9-10(11)3-6-14-12;1-2-6-9-8(4-1)5-3-7-10-9;1-4(2)3/h3,6,13H,1-2,4-5,7-9H2;3,5,7H,1-2,4,6H2;1-3H3. The van der Waals surface area contributed by atoms with Crippen molar-refractivity contribution in [2.75, 3.05) is 45.7 Å². The fraction of sp³-hybridized carbons (Fsp3) is 0.583. The van der Waals surface area contributed by atoms with Crippen LogP contribution in [0.1, 0.15) is 48.1 Å². The molecule has 1 N–H and O–H groups in total. The predicted molar refractivity (Wildman–Crippen MR) is 122 cm³/mol. The quantitative estimate of drug-likeness (QED) is 0.801. The number of rotatable bonds is 1. The number of fused-ring (bicyclic) bond motifs is 2. The van der Waals surface area contributed by atoms with E-state index in [0.29, 0.717) is 0 Å². The lowest BCUT2D eigenvalue weighted by Crippen LogP contribution is -2.28. The molecular weight excluding hydrogens is 358 g/mol. The van der Waals surface area contributed by atoms with E-state index in [1.165, 1.54) is 79.8 Å². The van der Waals surface area contributed by atoms with Crippen molar-refractivity contribution in [3.8, 4) is 0 Å². The third-order valence-electron chi connectivity index (χ3n) is 5.50. The Balaban J connectivity index is 0.000000148. The van der Waals surface area contributed by atoms with Crippen molar-refractivity contribution >= 4 is 5.82 Å². The van der Waals surface area contributed by atoms with Gasteiger partial charge in [0.05, 0.1) is 0 Å². The van der Waals surface area contributed by atoms with Gasteiger partial charge in [0.2, 0.25) is 0 Å². The summed E-state index contributed by atoms with van der Waals surface area (Å²) in [4.78, 5) is 13.3. The monoisotopic (exact) mass is 395 g/mol. The van der Waals surface area contributed by atoms with Gasteiger partial charge in [-0.05, 0) is 95.9 Å². The SMILES string of the molecule is CN(C)C.c1cc2c(c(N3CCCC3)n1)CCNC2.c1cnc2c(c1)CCCC2. The van der Waals surface area contributed by atoms with Crippen molar-refractivity contribution in [1.29, 1.82) is 0 Å². The number of anilines is 1. The summed E-state index contributed by atoms with van der Waals surface area (Å²) in [5.74, 6) is 1.26. The maximum Gasteiger partial charge on any atom is 0.132 e. The van der Waals surface area contributed by atoms with Crippen LogP contribution in [0.15, 0.2) is 30.6 Å². The molecule has 3 aliphatic rings. The summed E-state index contributed by atoms with van der Waals surface area (Å²) in [6.07, 6.45) is 12.7. The molecule has 2 aromatic heterocycles. The van der Waals surface area contributed by atoms with Crippen LogP contribution in [0.3, 0.4) is 0 Å². The van der Waals surface area contributed by atoms with Crippen molar-refractivity contribution in [2.45, 2.75) is 51.5 Å². The van der Waals surface area contributed by atoms with Gasteiger partial charge in [0.1, 0.15) is 5.82 Å². The Bertz CT molecular complexity index is 725. The maximum atomic E-state index is 4.57. The number of pyridine rings is 2. The fourth-order valence-electron chi connectivity index (χ4n) is 4.13. The molecule has 0 saturated carbocycles. The summed E-state index contributed by atoms with van der Waals surface area (Å²) in [6, 6.07) is 6.38. The number of aryl methyl sites for hydroxylation is 2. The number of nitrogens with one attached hydrogen (secondary N) is 1. The largest absolute Gasteiger partial charge is 0.356 e. The highest BCUT2D eigenvalue weighted by Crippen LogP contribution is 2.26. The molecule has 5 rings (SSSR count). The molecule has 2 aromatic rings. The van der Waals surface area contributed by atoms with Crippen LogP contribution in [0.25, 0.3) is 0 Å². The molecule has 0 amide bonds. The summed E-state index contributed by atoms with van der Waals surface area (Å²) in [6.45, 7) is 4.49. The zero-order valence-corrected chi connectivity index (χ0v) is 18.5. The second-order valence-corrected chi connectivity index (χ2v) is 8.55. The van der Waals surface area contributed by atoms with Gasteiger partial charge < -0.3 is 15.1 Å². The summed E-state index contributed by atoms with van der Waals surface area (Å²) in [5.41, 5.74) is 5.72. The molecule has 0 spiro atoms. The minimum atomic E-state index is 1.01. The van der Waals surface area contributed by atoms with Crippen LogP contribution in [0.4, 0.5) is 5.82 Å². The van der Waals surface area contributed by atoms with Crippen molar-refractivity contribution in [2.24, 2.45) is 0 Å². The second-order valence-electron chi connectivity index (χ2n) is 8.55. The lowest BCUT2D eigenvalue weighted by Gasteiger charge is -2.25. The molecule has 0 atom stereocenters. The molecule has 0 unspecified atom stereocenters. The van der Waals surface area contributed by atoms with Crippen LogP contribution in [-0.2, 0) is 25.8 Å². The molecule has 5 nitrogen and oxygen atoms in total. The third kappa shape index (κ3) is 6.51. The molecule has 0 radical (unpaired) electrons. The fourth-order valence-corrected chi connectivity index (χ4v) is 4.13. The van der Waals surface area contributed by atoms with Gasteiger partial charge in [0.15, 0.2) is 0 Å². The lowest BCUT2D eigenvalue weighted by atomic mass is 9.96. The smallest absolute Gasteiger partial charge is 0.132 e. The van der Waals surface area contributed by atoms with Gasteiger partial charge in [-0.1, -0.05) is 6.07 Å². The summed E-state index contributed by atoms with van der Waals surface area (Å²) >= 11 is 0. The molecule has 1 saturated heterocycles. The first kappa shape index (κ1) is 21.7. The van der Waals surface area contributed by atoms with Crippen LogP contribution in [-0.4, -0.2) is 55.6 Å². The summed E-state index contributed by atoms with van der Waals surface area (Å²) in [7, 11) is 6.00. The van der Waals surface area contributed by atoms with E-state index in [-0.39, 0.29) is 0 Å². The minimum Gasteiger partial charge on any atom is -0.356 e. The van der Waals surface area contributed by atoms with Crippen LogP contribution < -0.4 is 10.2 Å². The molecule has 1 aliphatic carbocycles. The number of hydrogen-bond donors (Lipinski definition) is 1. The van der Waals surface area contributed by atoms with Crippen LogP contribution in [0, 0.1) is 0 Å². The molecule has 5 heteroatoms. The molecule has 1 fully saturated rings. The lowest BCUT2D eigenvalue weighted by molar-refractivity contribution is 0.505. The predicted octanol–water partition coefficient (Wildman–Crippen LogP) is 3.47. The first-order valence-corrected chi connectivity index (χ1v) is 11.1. The van der Waals surface area contributed by atoms with Crippen molar-refractivity contribution in [3.63, 3.8) is 0 Å². The molecule has 158 valence electrons. The zero-order chi connectivity index (χ0) is 20.5. The Morgan fingerprint density at radius 3 is 2.38 bits per heavy atom. The van der Waals surface area contributed by atoms with E-state index in [1.54, 1.807) is 0 Å². The van der Waals surface area contributed by atoms with E-state index >= 15 is 0 Å². The Morgan fingerprint density at radius 2 is 1.62 bits per heavy atom. The Kier molecular flexibility index (Phi) is 8.44. The maximum absolute atomic E-state index is 4.57. The van der Waals surface area contributed by atoms with E-state index in [4.69, 9.17) is 0 Å². The molecular formula is C24H37N5. The van der Waals surface area contributed by atoms with E-state index in [1.807, 2.05) is 44.5 Å². The van der Waals surface area contributed by atoms with Gasteiger partial charge in [-0.3, -0.25) is 4.98 Å². The normalized spacial score (nSPS) is 17.4.